The lowest BCUT2D eigenvalue weighted by Crippen LogP contribution is -2.24. The zero-order valence-electron chi connectivity index (χ0n) is 16.4. The molecule has 0 unspecified atom stereocenters. The molecule has 0 saturated carbocycles. The van der Waals surface area contributed by atoms with E-state index < -0.39 is 16.5 Å². The van der Waals surface area contributed by atoms with Crippen LogP contribution in [0.15, 0.2) is 30.3 Å². The van der Waals surface area contributed by atoms with Gasteiger partial charge in [-0.3, -0.25) is 19.7 Å². The third-order valence-electron chi connectivity index (χ3n) is 4.77. The zero-order valence-corrected chi connectivity index (χ0v) is 16.4. The summed E-state index contributed by atoms with van der Waals surface area (Å²) >= 11 is 0. The molecule has 2 aromatic rings. The molecule has 0 bridgehead atoms. The van der Waals surface area contributed by atoms with Gasteiger partial charge in [0.05, 0.1) is 25.2 Å². The summed E-state index contributed by atoms with van der Waals surface area (Å²) in [5.74, 6) is -0.274. The molecule has 1 aliphatic heterocycles. The van der Waals surface area contributed by atoms with Crippen molar-refractivity contribution in [3.05, 3.63) is 51.6 Å². The number of rotatable bonds is 6. The Bertz CT molecular complexity index is 988. The fraction of sp³-hybridized carbons (Fsp3) is 0.300. The summed E-state index contributed by atoms with van der Waals surface area (Å²) in [6, 6.07) is 7.59. The number of ether oxygens (including phenoxy) is 2. The number of nitro benzene ring substituents is 1. The number of amides is 2. The fourth-order valence-corrected chi connectivity index (χ4v) is 3.28. The SMILES string of the molecule is COc1cc(C(=O)Nc2ccc(C)c(N3CCCC3=O)c2)c([N+](=O)[O-])cc1OC. The minimum Gasteiger partial charge on any atom is -0.493 e. The Morgan fingerprint density at radius 3 is 2.45 bits per heavy atom. The highest BCUT2D eigenvalue weighted by molar-refractivity contribution is 6.08. The summed E-state index contributed by atoms with van der Waals surface area (Å²) in [6.45, 7) is 2.50. The Hall–Kier alpha value is -3.62. The number of aryl methyl sites for hydroxylation is 1. The average molecular weight is 399 g/mol. The Labute approximate surface area is 167 Å². The first-order valence-electron chi connectivity index (χ1n) is 8.98. The topological polar surface area (TPSA) is 111 Å². The van der Waals surface area contributed by atoms with Crippen LogP contribution in [-0.4, -0.2) is 37.5 Å². The summed E-state index contributed by atoms with van der Waals surface area (Å²) in [5, 5.41) is 14.1. The lowest BCUT2D eigenvalue weighted by molar-refractivity contribution is -0.385. The van der Waals surface area contributed by atoms with Crippen LogP contribution >= 0.6 is 0 Å². The molecule has 29 heavy (non-hydrogen) atoms. The van der Waals surface area contributed by atoms with Crippen LogP contribution in [0.1, 0.15) is 28.8 Å². The minimum absolute atomic E-state index is 0.0344. The van der Waals surface area contributed by atoms with Crippen LogP contribution in [0.4, 0.5) is 17.1 Å². The summed E-state index contributed by atoms with van der Waals surface area (Å²) in [4.78, 5) is 37.3. The van der Waals surface area contributed by atoms with Crippen molar-refractivity contribution in [2.45, 2.75) is 19.8 Å². The van der Waals surface area contributed by atoms with Gasteiger partial charge in [-0.15, -0.1) is 0 Å². The van der Waals surface area contributed by atoms with Crippen molar-refractivity contribution in [3.63, 3.8) is 0 Å². The number of nitro groups is 1. The number of anilines is 2. The second-order valence-corrected chi connectivity index (χ2v) is 6.59. The summed E-state index contributed by atoms with van der Waals surface area (Å²) in [7, 11) is 2.74. The van der Waals surface area contributed by atoms with E-state index in [1.807, 2.05) is 6.92 Å². The summed E-state index contributed by atoms with van der Waals surface area (Å²) in [5.41, 5.74) is 1.48. The second kappa shape index (κ2) is 8.17. The van der Waals surface area contributed by atoms with E-state index in [9.17, 15) is 19.7 Å². The van der Waals surface area contributed by atoms with Crippen molar-refractivity contribution in [2.75, 3.05) is 31.0 Å². The Kier molecular flexibility index (Phi) is 5.67. The van der Waals surface area contributed by atoms with Gasteiger partial charge in [0.25, 0.3) is 11.6 Å². The largest absolute Gasteiger partial charge is 0.493 e. The van der Waals surface area contributed by atoms with E-state index in [0.717, 1.165) is 18.1 Å². The van der Waals surface area contributed by atoms with Gasteiger partial charge in [0.15, 0.2) is 11.5 Å². The van der Waals surface area contributed by atoms with Crippen LogP contribution in [0.3, 0.4) is 0 Å². The molecule has 1 N–H and O–H groups in total. The molecule has 0 radical (unpaired) electrons. The zero-order chi connectivity index (χ0) is 21.1. The van der Waals surface area contributed by atoms with E-state index in [0.29, 0.717) is 24.3 Å². The van der Waals surface area contributed by atoms with E-state index in [1.54, 1.807) is 23.1 Å². The highest BCUT2D eigenvalue weighted by Crippen LogP contribution is 2.35. The molecule has 0 spiro atoms. The molecule has 1 saturated heterocycles. The van der Waals surface area contributed by atoms with Gasteiger partial charge >= 0.3 is 0 Å². The molecule has 1 fully saturated rings. The quantitative estimate of drug-likeness (QED) is 0.589. The molecule has 0 aliphatic carbocycles. The third kappa shape index (κ3) is 3.98. The number of methoxy groups -OCH3 is 2. The van der Waals surface area contributed by atoms with Crippen LogP contribution in [0, 0.1) is 17.0 Å². The predicted octanol–water partition coefficient (Wildman–Crippen LogP) is 3.30. The molecule has 152 valence electrons. The monoisotopic (exact) mass is 399 g/mol. The maximum atomic E-state index is 12.8. The van der Waals surface area contributed by atoms with E-state index in [-0.39, 0.29) is 23.0 Å². The van der Waals surface area contributed by atoms with Crippen LogP contribution < -0.4 is 19.7 Å². The van der Waals surface area contributed by atoms with Crippen molar-refractivity contribution < 1.29 is 24.0 Å². The van der Waals surface area contributed by atoms with E-state index in [2.05, 4.69) is 5.32 Å². The van der Waals surface area contributed by atoms with Gasteiger partial charge in [-0.05, 0) is 31.0 Å². The Morgan fingerprint density at radius 2 is 1.86 bits per heavy atom. The highest BCUT2D eigenvalue weighted by Gasteiger charge is 2.26. The maximum absolute atomic E-state index is 12.8. The van der Waals surface area contributed by atoms with Crippen molar-refractivity contribution in [1.29, 1.82) is 0 Å². The van der Waals surface area contributed by atoms with Gasteiger partial charge in [0.1, 0.15) is 5.56 Å². The third-order valence-corrected chi connectivity index (χ3v) is 4.77. The number of hydrogen-bond acceptors (Lipinski definition) is 6. The molecule has 2 amide bonds. The van der Waals surface area contributed by atoms with Crippen LogP contribution in [0.5, 0.6) is 11.5 Å². The minimum atomic E-state index is -0.666. The molecule has 0 atom stereocenters. The number of carbonyl (C=O) groups excluding carboxylic acids is 2. The summed E-state index contributed by atoms with van der Waals surface area (Å²) in [6.07, 6.45) is 1.28. The first kappa shape index (κ1) is 20.1. The standard InChI is InChI=1S/C20H21N3O6/c1-12-6-7-13(9-15(12)22-8-4-5-19(22)24)21-20(25)14-10-17(28-2)18(29-3)11-16(14)23(26)27/h6-7,9-11H,4-5,8H2,1-3H3,(H,21,25). The lowest BCUT2D eigenvalue weighted by Gasteiger charge is -2.19. The van der Waals surface area contributed by atoms with Gasteiger partial charge in [0.2, 0.25) is 5.91 Å². The molecule has 9 heteroatoms. The smallest absolute Gasteiger partial charge is 0.286 e. The van der Waals surface area contributed by atoms with Crippen molar-refractivity contribution in [3.8, 4) is 11.5 Å². The Balaban J connectivity index is 1.94. The van der Waals surface area contributed by atoms with Crippen molar-refractivity contribution in [1.82, 2.24) is 0 Å². The maximum Gasteiger partial charge on any atom is 0.286 e. The van der Waals surface area contributed by atoms with Crippen LogP contribution in [0.2, 0.25) is 0 Å². The number of hydrogen-bond donors (Lipinski definition) is 1. The molecule has 1 heterocycles. The number of carbonyl (C=O) groups is 2. The van der Waals surface area contributed by atoms with Crippen LogP contribution in [-0.2, 0) is 4.79 Å². The number of nitrogens with one attached hydrogen (secondary N) is 1. The van der Waals surface area contributed by atoms with Gasteiger partial charge in [-0.1, -0.05) is 6.07 Å². The van der Waals surface area contributed by atoms with E-state index >= 15 is 0 Å². The van der Waals surface area contributed by atoms with Crippen molar-refractivity contribution in [2.24, 2.45) is 0 Å². The molecule has 0 aromatic heterocycles. The first-order valence-corrected chi connectivity index (χ1v) is 8.98. The van der Waals surface area contributed by atoms with Gasteiger partial charge < -0.3 is 19.7 Å². The normalized spacial score (nSPS) is 13.3. The molecule has 9 nitrogen and oxygen atoms in total. The van der Waals surface area contributed by atoms with Gasteiger partial charge in [-0.2, -0.15) is 0 Å². The average Bonchev–Trinajstić information content (AvgIpc) is 3.13. The highest BCUT2D eigenvalue weighted by atomic mass is 16.6. The lowest BCUT2D eigenvalue weighted by atomic mass is 10.1. The van der Waals surface area contributed by atoms with E-state index in [4.69, 9.17) is 9.47 Å². The first-order chi connectivity index (χ1) is 13.8. The molecular weight excluding hydrogens is 378 g/mol. The molecule has 1 aliphatic rings. The van der Waals surface area contributed by atoms with E-state index in [1.165, 1.54) is 20.3 Å². The van der Waals surface area contributed by atoms with Gasteiger partial charge in [-0.25, -0.2) is 0 Å². The summed E-state index contributed by atoms with van der Waals surface area (Å²) < 4.78 is 10.2. The Morgan fingerprint density at radius 1 is 1.17 bits per heavy atom. The second-order valence-electron chi connectivity index (χ2n) is 6.59. The van der Waals surface area contributed by atoms with Crippen molar-refractivity contribution >= 4 is 28.9 Å². The van der Waals surface area contributed by atoms with Crippen LogP contribution in [0.25, 0.3) is 0 Å². The molecule has 3 rings (SSSR count). The molecular formula is C20H21N3O6. The number of nitrogens with zero attached hydrogens (tertiary/aromatic N) is 2. The number of benzene rings is 2. The van der Waals surface area contributed by atoms with Gasteiger partial charge in [0, 0.05) is 30.4 Å². The molecule has 2 aromatic carbocycles. The fourth-order valence-electron chi connectivity index (χ4n) is 3.28. The predicted molar refractivity (Wildman–Crippen MR) is 107 cm³/mol.